The Labute approximate surface area is 176 Å². The second-order valence-corrected chi connectivity index (χ2v) is 9.50. The van der Waals surface area contributed by atoms with Gasteiger partial charge in [-0.2, -0.15) is 0 Å². The summed E-state index contributed by atoms with van der Waals surface area (Å²) in [5, 5.41) is 5.46. The third-order valence-corrected chi connectivity index (χ3v) is 4.95. The van der Waals surface area contributed by atoms with Crippen LogP contribution in [0.15, 0.2) is 4.99 Å². The molecule has 0 spiro atoms. The quantitative estimate of drug-likeness (QED) is 0.0735. The van der Waals surface area contributed by atoms with Gasteiger partial charge in [0.2, 0.25) is 11.8 Å². The van der Waals surface area contributed by atoms with Crippen LogP contribution in [0.1, 0.15) is 39.0 Å². The van der Waals surface area contributed by atoms with E-state index >= 15 is 0 Å². The van der Waals surface area contributed by atoms with Gasteiger partial charge in [-0.15, -0.1) is 0 Å². The molecule has 0 aliphatic carbocycles. The fraction of sp³-hybridized carbons (Fsp3) is 0.778. The number of Topliss-reactive ketones (excluding diaryl/α,β-unsaturated/α-hetero) is 1. The van der Waals surface area contributed by atoms with E-state index in [1.807, 2.05) is 12.5 Å². The number of hydrogen-bond acceptors (Lipinski definition) is 7. The number of carbonyl (C=O) groups excluding carboxylic acids is 3. The summed E-state index contributed by atoms with van der Waals surface area (Å²) in [7, 11) is -0.0733. The van der Waals surface area contributed by atoms with Gasteiger partial charge >= 0.3 is 0 Å². The van der Waals surface area contributed by atoms with Crippen molar-refractivity contribution in [3.05, 3.63) is 0 Å². The maximum absolute atomic E-state index is 12.7. The van der Waals surface area contributed by atoms with E-state index in [-0.39, 0.29) is 22.6 Å². The minimum Gasteiger partial charge on any atom is -0.370 e. The zero-order chi connectivity index (χ0) is 22.4. The van der Waals surface area contributed by atoms with Gasteiger partial charge in [-0.3, -0.25) is 30.0 Å². The molecule has 2 amide bonds. The molecule has 0 aliphatic rings. The normalized spacial score (nSPS) is 14.1. The second kappa shape index (κ2) is 15.2. The van der Waals surface area contributed by atoms with Crippen LogP contribution in [0.5, 0.6) is 0 Å². The largest absolute Gasteiger partial charge is 0.370 e. The molecule has 0 aliphatic heterocycles. The molecule has 0 aromatic carbocycles. The van der Waals surface area contributed by atoms with Crippen molar-refractivity contribution in [2.45, 2.75) is 57.2 Å². The standard InChI is InChI=1S/C18H37N7O3S/c1-12(20)16(27)25-17(28)14(7-4-5-9-19)24-13(15(26)11-29(2)3)8-6-10-23-18(21)22/h12-14,24H,4-11,19-20H2,1-3H3,(H4-,21,22,23,25,27,28)/p+1/t12-,13-,14-/m0/s1. The van der Waals surface area contributed by atoms with Crippen LogP contribution in [0.25, 0.3) is 0 Å². The Morgan fingerprint density at radius 1 is 1.00 bits per heavy atom. The molecule has 0 bridgehead atoms. The first-order chi connectivity index (χ1) is 13.6. The van der Waals surface area contributed by atoms with Crippen molar-refractivity contribution in [1.29, 1.82) is 0 Å². The van der Waals surface area contributed by atoms with Gasteiger partial charge in [0.25, 0.3) is 0 Å². The molecule has 0 radical (unpaired) electrons. The number of aliphatic imine (C=N–C) groups is 1. The summed E-state index contributed by atoms with van der Waals surface area (Å²) in [4.78, 5) is 41.1. The maximum Gasteiger partial charge on any atom is 0.243 e. The summed E-state index contributed by atoms with van der Waals surface area (Å²) in [5.74, 6) is -0.607. The van der Waals surface area contributed by atoms with Crippen molar-refractivity contribution >= 4 is 34.5 Å². The number of nitrogens with two attached hydrogens (primary N) is 4. The van der Waals surface area contributed by atoms with E-state index in [0.717, 1.165) is 6.42 Å². The molecule has 0 aromatic rings. The molecule has 11 heteroatoms. The van der Waals surface area contributed by atoms with Crippen LogP contribution < -0.4 is 33.6 Å². The predicted octanol–water partition coefficient (Wildman–Crippen LogP) is -2.07. The van der Waals surface area contributed by atoms with E-state index in [9.17, 15) is 14.4 Å². The van der Waals surface area contributed by atoms with Crippen LogP contribution in [-0.4, -0.2) is 73.0 Å². The van der Waals surface area contributed by atoms with Gasteiger partial charge in [-0.05, 0) is 50.0 Å². The van der Waals surface area contributed by atoms with Gasteiger partial charge in [0.15, 0.2) is 17.5 Å². The SMILES string of the molecule is C[C@H](N)C(=O)NC(=O)[C@H](CCCCN)N[C@@H](CCCN=C(N)N)C(=O)C[S+](C)C. The molecule has 10 nitrogen and oxygen atoms in total. The third-order valence-electron chi connectivity index (χ3n) is 4.09. The van der Waals surface area contributed by atoms with Gasteiger partial charge in [-0.25, -0.2) is 0 Å². The zero-order valence-corrected chi connectivity index (χ0v) is 18.6. The number of unbranched alkanes of at least 4 members (excludes halogenated alkanes) is 1. The van der Waals surface area contributed by atoms with E-state index in [1.54, 1.807) is 0 Å². The second-order valence-electron chi connectivity index (χ2n) is 7.24. The zero-order valence-electron chi connectivity index (χ0n) is 17.8. The molecule has 168 valence electrons. The van der Waals surface area contributed by atoms with Gasteiger partial charge in [0, 0.05) is 6.54 Å². The maximum atomic E-state index is 12.7. The van der Waals surface area contributed by atoms with Crippen LogP contribution >= 0.6 is 0 Å². The van der Waals surface area contributed by atoms with Crippen LogP contribution in [0.3, 0.4) is 0 Å². The molecule has 0 fully saturated rings. The first-order valence-corrected chi connectivity index (χ1v) is 12.0. The molecule has 0 heterocycles. The number of carbonyl (C=O) groups is 3. The lowest BCUT2D eigenvalue weighted by Crippen LogP contribution is -2.54. The van der Waals surface area contributed by atoms with E-state index in [4.69, 9.17) is 22.9 Å². The smallest absolute Gasteiger partial charge is 0.243 e. The number of rotatable bonds is 15. The number of nitrogens with zero attached hydrogens (tertiary/aromatic N) is 1. The minimum absolute atomic E-state index is 0.00190. The predicted molar refractivity (Wildman–Crippen MR) is 119 cm³/mol. The Morgan fingerprint density at radius 3 is 2.14 bits per heavy atom. The van der Waals surface area contributed by atoms with Crippen LogP contribution in [0.2, 0.25) is 0 Å². The van der Waals surface area contributed by atoms with Crippen molar-refractivity contribution in [2.75, 3.05) is 31.4 Å². The van der Waals surface area contributed by atoms with Crippen LogP contribution in [0.4, 0.5) is 0 Å². The summed E-state index contributed by atoms with van der Waals surface area (Å²) in [5.41, 5.74) is 21.7. The summed E-state index contributed by atoms with van der Waals surface area (Å²) in [6, 6.07) is -2.03. The highest BCUT2D eigenvalue weighted by Gasteiger charge is 2.29. The Balaban J connectivity index is 5.23. The molecular formula is C18H38N7O3S+. The van der Waals surface area contributed by atoms with Crippen molar-refractivity contribution in [1.82, 2.24) is 10.6 Å². The first kappa shape index (κ1) is 27.3. The number of hydrogen-bond donors (Lipinski definition) is 6. The Kier molecular flexibility index (Phi) is 14.3. The summed E-state index contributed by atoms with van der Waals surface area (Å²) in [6.45, 7) is 2.40. The molecule has 3 atom stereocenters. The molecule has 0 unspecified atom stereocenters. The Hall–Kier alpha value is -1.69. The third kappa shape index (κ3) is 13.2. The van der Waals surface area contributed by atoms with Gasteiger partial charge < -0.3 is 22.9 Å². The number of guanidine groups is 1. The van der Waals surface area contributed by atoms with E-state index in [1.165, 1.54) is 6.92 Å². The summed E-state index contributed by atoms with van der Waals surface area (Å²) in [6.07, 6.45) is 6.92. The monoisotopic (exact) mass is 432 g/mol. The molecule has 0 saturated carbocycles. The number of ketones is 1. The average molecular weight is 433 g/mol. The van der Waals surface area contributed by atoms with Crippen molar-refractivity contribution in [3.8, 4) is 0 Å². The highest BCUT2D eigenvalue weighted by Crippen LogP contribution is 2.08. The van der Waals surface area contributed by atoms with E-state index in [0.29, 0.717) is 44.5 Å². The van der Waals surface area contributed by atoms with Crippen molar-refractivity contribution in [2.24, 2.45) is 27.9 Å². The summed E-state index contributed by atoms with van der Waals surface area (Å²) >= 11 is 0. The van der Waals surface area contributed by atoms with Gasteiger partial charge in [-0.1, -0.05) is 6.42 Å². The summed E-state index contributed by atoms with van der Waals surface area (Å²) < 4.78 is 0. The van der Waals surface area contributed by atoms with Gasteiger partial charge in [0.05, 0.1) is 30.6 Å². The van der Waals surface area contributed by atoms with Crippen molar-refractivity contribution in [3.63, 3.8) is 0 Å². The highest BCUT2D eigenvalue weighted by atomic mass is 32.2. The van der Waals surface area contributed by atoms with Gasteiger partial charge in [0.1, 0.15) is 0 Å². The topological polar surface area (TPSA) is 192 Å². The van der Waals surface area contributed by atoms with Crippen LogP contribution in [0, 0.1) is 0 Å². The Bertz CT molecular complexity index is 552. The minimum atomic E-state index is -0.803. The molecule has 0 saturated heterocycles. The lowest BCUT2D eigenvalue weighted by atomic mass is 10.0. The molecule has 0 rings (SSSR count). The number of amides is 2. The fourth-order valence-electron chi connectivity index (χ4n) is 2.57. The highest BCUT2D eigenvalue weighted by molar-refractivity contribution is 7.96. The fourth-order valence-corrected chi connectivity index (χ4v) is 3.34. The van der Waals surface area contributed by atoms with E-state index < -0.39 is 29.9 Å². The number of imide groups is 1. The average Bonchev–Trinajstić information content (AvgIpc) is 2.61. The Morgan fingerprint density at radius 2 is 1.62 bits per heavy atom. The molecule has 0 aromatic heterocycles. The first-order valence-electron chi connectivity index (χ1n) is 9.77. The molecular weight excluding hydrogens is 394 g/mol. The van der Waals surface area contributed by atoms with E-state index in [2.05, 4.69) is 15.6 Å². The lowest BCUT2D eigenvalue weighted by Gasteiger charge is -2.24. The number of nitrogens with one attached hydrogen (secondary N) is 2. The van der Waals surface area contributed by atoms with Crippen LogP contribution in [-0.2, 0) is 25.3 Å². The lowest BCUT2D eigenvalue weighted by molar-refractivity contribution is -0.132. The van der Waals surface area contributed by atoms with Crippen molar-refractivity contribution < 1.29 is 14.4 Å². The molecule has 10 N–H and O–H groups in total. The molecule has 29 heavy (non-hydrogen) atoms.